The van der Waals surface area contributed by atoms with E-state index in [1.165, 1.54) is 5.57 Å². The summed E-state index contributed by atoms with van der Waals surface area (Å²) in [6, 6.07) is 0. The van der Waals surface area contributed by atoms with Crippen molar-refractivity contribution in [3.8, 4) is 0 Å². The van der Waals surface area contributed by atoms with Crippen LogP contribution in [0.3, 0.4) is 0 Å². The predicted molar refractivity (Wildman–Crippen MR) is 62.9 cm³/mol. The van der Waals surface area contributed by atoms with Crippen molar-refractivity contribution in [2.75, 3.05) is 0 Å². The van der Waals surface area contributed by atoms with Crippen molar-refractivity contribution in [3.05, 3.63) is 22.8 Å². The molecule has 1 aliphatic carbocycles. The third-order valence-corrected chi connectivity index (χ3v) is 2.96. The van der Waals surface area contributed by atoms with Crippen molar-refractivity contribution in [1.29, 1.82) is 0 Å². The van der Waals surface area contributed by atoms with Gasteiger partial charge in [0.25, 0.3) is 0 Å². The molecule has 15 heavy (non-hydrogen) atoms. The van der Waals surface area contributed by atoms with E-state index < -0.39 is 0 Å². The van der Waals surface area contributed by atoms with E-state index in [1.54, 1.807) is 11.1 Å². The summed E-state index contributed by atoms with van der Waals surface area (Å²) in [6.45, 7) is 13.7. The predicted octanol–water partition coefficient (Wildman–Crippen LogP) is 4.38. The molecule has 0 nitrogen and oxygen atoms in total. The molecule has 84 valence electrons. The Labute approximate surface area is 129 Å². The first-order valence-corrected chi connectivity index (χ1v) is 5.79. The largest absolute Gasteiger partial charge is 0.269 e. The number of rotatable bonds is 3. The maximum absolute atomic E-state index is 3.56. The zero-order valence-electron chi connectivity index (χ0n) is 10.9. The fourth-order valence-corrected chi connectivity index (χ4v) is 2.27. The van der Waals surface area contributed by atoms with E-state index in [0.717, 1.165) is 6.42 Å². The summed E-state index contributed by atoms with van der Waals surface area (Å²) in [6.07, 6.45) is 4.63. The minimum atomic E-state index is 0. The van der Waals surface area contributed by atoms with Crippen LogP contribution in [0.2, 0.25) is 0 Å². The van der Waals surface area contributed by atoms with Crippen LogP contribution in [0.1, 0.15) is 48.0 Å². The Morgan fingerprint density at radius 1 is 0.867 bits per heavy atom. The maximum Gasteiger partial charge on any atom is 0 e. The summed E-state index contributed by atoms with van der Waals surface area (Å²) < 4.78 is 0. The molecule has 0 unspecified atom stereocenters. The molecule has 0 atom stereocenters. The second-order valence-corrected chi connectivity index (χ2v) is 5.17. The Morgan fingerprint density at radius 2 is 1.40 bits per heavy atom. The molecule has 0 saturated heterocycles. The monoisotopic (exact) mass is 331 g/mol. The molecule has 1 rings (SSSR count). The van der Waals surface area contributed by atoms with Crippen molar-refractivity contribution in [3.63, 3.8) is 0 Å². The van der Waals surface area contributed by atoms with E-state index in [1.807, 2.05) is 0 Å². The molecule has 0 radical (unpaired) electrons. The summed E-state index contributed by atoms with van der Waals surface area (Å²) in [4.78, 5) is 0. The molecule has 0 N–H and O–H groups in total. The van der Waals surface area contributed by atoms with Crippen LogP contribution in [0.25, 0.3) is 0 Å². The van der Waals surface area contributed by atoms with E-state index in [4.69, 9.17) is 0 Å². The molecule has 0 aromatic carbocycles. The van der Waals surface area contributed by atoms with Crippen LogP contribution in [0.4, 0.5) is 0 Å². The molecule has 0 aromatic rings. The molecule has 0 fully saturated rings. The van der Waals surface area contributed by atoms with Gasteiger partial charge in [-0.15, -0.1) is 6.42 Å². The molecule has 0 aromatic heterocycles. The summed E-state index contributed by atoms with van der Waals surface area (Å²) in [7, 11) is 0. The normalized spacial score (nSPS) is 16.5. The summed E-state index contributed by atoms with van der Waals surface area (Å²) in [5.41, 5.74) is 4.68. The van der Waals surface area contributed by atoms with Crippen molar-refractivity contribution >= 4 is 0 Å². The molecule has 0 bridgehead atoms. The van der Waals surface area contributed by atoms with Gasteiger partial charge in [0, 0.05) is 41.7 Å². The number of allylic oxidation sites excluding steroid dienone is 4. The maximum atomic E-state index is 3.56. The first-order chi connectivity index (χ1) is 6.45. The quantitative estimate of drug-likeness (QED) is 0.673. The summed E-state index contributed by atoms with van der Waals surface area (Å²) >= 11 is 0. The zero-order chi connectivity index (χ0) is 10.9. The van der Waals surface area contributed by atoms with Crippen LogP contribution in [0.15, 0.2) is 16.7 Å². The number of hydrogen-bond acceptors (Lipinski definition) is 0. The van der Waals surface area contributed by atoms with E-state index in [2.05, 4.69) is 47.6 Å². The van der Waals surface area contributed by atoms with Gasteiger partial charge in [0.2, 0.25) is 0 Å². The topological polar surface area (TPSA) is 0 Å². The molecular formula is C14H23Ce-. The third-order valence-electron chi connectivity index (χ3n) is 2.96. The SMILES string of the molecule is CC(C)C1=[C-]CC(C(C)C)=C1C(C)C.[Ce]. The Hall–Kier alpha value is 0.857. The Bertz CT molecular complexity index is 267. The van der Waals surface area contributed by atoms with E-state index in [9.17, 15) is 0 Å². The fourth-order valence-electron chi connectivity index (χ4n) is 2.27. The Kier molecular flexibility index (Phi) is 6.93. The Morgan fingerprint density at radius 3 is 1.73 bits per heavy atom. The van der Waals surface area contributed by atoms with Gasteiger partial charge in [0.15, 0.2) is 0 Å². The second-order valence-electron chi connectivity index (χ2n) is 5.17. The molecule has 0 heterocycles. The molecule has 0 amide bonds. The van der Waals surface area contributed by atoms with Gasteiger partial charge in [-0.1, -0.05) is 53.4 Å². The van der Waals surface area contributed by atoms with Crippen LogP contribution in [-0.2, 0) is 0 Å². The van der Waals surface area contributed by atoms with Gasteiger partial charge in [-0.25, -0.2) is 5.57 Å². The smallest absolute Gasteiger partial charge is 0 e. The van der Waals surface area contributed by atoms with Crippen molar-refractivity contribution in [1.82, 2.24) is 0 Å². The van der Waals surface area contributed by atoms with Gasteiger partial charge >= 0.3 is 0 Å². The average Bonchev–Trinajstić information content (AvgIpc) is 2.46. The third kappa shape index (κ3) is 3.67. The molecule has 1 heteroatoms. The van der Waals surface area contributed by atoms with Gasteiger partial charge in [0.1, 0.15) is 0 Å². The van der Waals surface area contributed by atoms with E-state index in [-0.39, 0.29) is 41.7 Å². The van der Waals surface area contributed by atoms with Crippen LogP contribution in [0, 0.1) is 65.6 Å². The van der Waals surface area contributed by atoms with Crippen molar-refractivity contribution in [2.24, 2.45) is 17.8 Å². The first kappa shape index (κ1) is 15.9. The molecule has 1 aliphatic rings. The summed E-state index contributed by atoms with van der Waals surface area (Å²) in [5.74, 6) is 1.96. The van der Waals surface area contributed by atoms with Crippen LogP contribution >= 0.6 is 0 Å². The van der Waals surface area contributed by atoms with Crippen molar-refractivity contribution in [2.45, 2.75) is 48.0 Å². The standard InChI is InChI=1S/C14H23.Ce/c1-9(2)12-7-8-13(10(3)4)14(12)11(5)6;/h9-11H,7H2,1-6H3;/q-1;. The van der Waals surface area contributed by atoms with Crippen LogP contribution < -0.4 is 0 Å². The average molecular weight is 331 g/mol. The minimum absolute atomic E-state index is 0. The molecule has 0 saturated carbocycles. The second kappa shape index (κ2) is 6.56. The fraction of sp³-hybridized carbons (Fsp3) is 0.714. The number of hydrogen-bond donors (Lipinski definition) is 0. The molecule has 0 spiro atoms. The van der Waals surface area contributed by atoms with Crippen molar-refractivity contribution < 1.29 is 41.7 Å². The van der Waals surface area contributed by atoms with E-state index in [0.29, 0.717) is 17.8 Å². The molecular weight excluding hydrogens is 308 g/mol. The minimum Gasteiger partial charge on any atom is -0.269 e. The van der Waals surface area contributed by atoms with E-state index >= 15 is 0 Å². The van der Waals surface area contributed by atoms with Gasteiger partial charge < -0.3 is 0 Å². The first-order valence-electron chi connectivity index (χ1n) is 5.79. The molecule has 0 aliphatic heterocycles. The summed E-state index contributed by atoms with van der Waals surface area (Å²) in [5, 5.41) is 0. The van der Waals surface area contributed by atoms with Gasteiger partial charge in [0.05, 0.1) is 0 Å². The van der Waals surface area contributed by atoms with Crippen LogP contribution in [-0.4, -0.2) is 0 Å². The van der Waals surface area contributed by atoms with Crippen LogP contribution in [0.5, 0.6) is 0 Å². The van der Waals surface area contributed by atoms with Gasteiger partial charge in [-0.05, 0) is 5.92 Å². The van der Waals surface area contributed by atoms with Gasteiger partial charge in [-0.2, -0.15) is 11.1 Å². The zero-order valence-corrected chi connectivity index (χ0v) is 14.1. The Balaban J connectivity index is 0.00000196. The van der Waals surface area contributed by atoms with Gasteiger partial charge in [-0.3, -0.25) is 6.08 Å².